The summed E-state index contributed by atoms with van der Waals surface area (Å²) < 4.78 is 0. The summed E-state index contributed by atoms with van der Waals surface area (Å²) in [7, 11) is 0. The largest absolute Gasteiger partial charge is 0.394 e. The molecule has 0 saturated carbocycles. The molecule has 0 spiro atoms. The lowest BCUT2D eigenvalue weighted by molar-refractivity contribution is -0.147. The molecule has 2 N–H and O–H groups in total. The standard InChI is InChI=1S/C18H26N2O3/c1-2-16(13-21)19-17(22)18(23)20-10-8-15(9-11-20)12-14-6-4-3-5-7-14/h3-7,15-16,21H,2,8-13H2,1H3,(H,19,22). The minimum absolute atomic E-state index is 0.144. The molecular weight excluding hydrogens is 292 g/mol. The van der Waals surface area contributed by atoms with Crippen molar-refractivity contribution in [3.8, 4) is 0 Å². The summed E-state index contributed by atoms with van der Waals surface area (Å²) in [5.74, 6) is -0.521. The molecule has 5 heteroatoms. The number of likely N-dealkylation sites (tertiary alicyclic amines) is 1. The Bertz CT molecular complexity index is 506. The van der Waals surface area contributed by atoms with Crippen LogP contribution in [0.1, 0.15) is 31.7 Å². The molecule has 1 heterocycles. The number of carbonyl (C=O) groups is 2. The maximum absolute atomic E-state index is 12.2. The summed E-state index contributed by atoms with van der Waals surface area (Å²) in [4.78, 5) is 25.7. The molecule has 1 fully saturated rings. The van der Waals surface area contributed by atoms with Gasteiger partial charge in [-0.05, 0) is 37.2 Å². The maximum atomic E-state index is 12.2. The van der Waals surface area contributed by atoms with Gasteiger partial charge in [-0.3, -0.25) is 9.59 Å². The van der Waals surface area contributed by atoms with Crippen LogP contribution in [0.4, 0.5) is 0 Å². The lowest BCUT2D eigenvalue weighted by atomic mass is 9.90. The van der Waals surface area contributed by atoms with Gasteiger partial charge >= 0.3 is 11.8 Å². The van der Waals surface area contributed by atoms with E-state index in [-0.39, 0.29) is 12.6 Å². The van der Waals surface area contributed by atoms with Crippen LogP contribution in [-0.2, 0) is 16.0 Å². The topological polar surface area (TPSA) is 69.6 Å². The number of hydrogen-bond donors (Lipinski definition) is 2. The highest BCUT2D eigenvalue weighted by molar-refractivity contribution is 6.35. The van der Waals surface area contributed by atoms with E-state index < -0.39 is 11.8 Å². The molecule has 1 unspecified atom stereocenters. The Balaban J connectivity index is 1.79. The highest BCUT2D eigenvalue weighted by Gasteiger charge is 2.27. The van der Waals surface area contributed by atoms with E-state index >= 15 is 0 Å². The van der Waals surface area contributed by atoms with Crippen molar-refractivity contribution in [1.29, 1.82) is 0 Å². The molecule has 23 heavy (non-hydrogen) atoms. The van der Waals surface area contributed by atoms with Gasteiger partial charge in [-0.25, -0.2) is 0 Å². The van der Waals surface area contributed by atoms with Crippen molar-refractivity contribution in [2.24, 2.45) is 5.92 Å². The van der Waals surface area contributed by atoms with Crippen molar-refractivity contribution in [2.75, 3.05) is 19.7 Å². The molecule has 1 aliphatic rings. The van der Waals surface area contributed by atoms with Crippen LogP contribution in [0, 0.1) is 5.92 Å². The second-order valence-corrected chi connectivity index (χ2v) is 6.19. The first-order valence-corrected chi connectivity index (χ1v) is 8.38. The van der Waals surface area contributed by atoms with Gasteiger partial charge in [0.25, 0.3) is 0 Å². The van der Waals surface area contributed by atoms with Crippen molar-refractivity contribution in [3.63, 3.8) is 0 Å². The summed E-state index contributed by atoms with van der Waals surface area (Å²) in [6.07, 6.45) is 3.47. The third-order valence-corrected chi connectivity index (χ3v) is 4.51. The second kappa shape index (κ2) is 8.67. The first-order valence-electron chi connectivity index (χ1n) is 8.38. The van der Waals surface area contributed by atoms with E-state index in [1.807, 2.05) is 25.1 Å². The van der Waals surface area contributed by atoms with E-state index in [0.717, 1.165) is 19.3 Å². The van der Waals surface area contributed by atoms with Gasteiger partial charge in [0.2, 0.25) is 0 Å². The minimum Gasteiger partial charge on any atom is -0.394 e. The van der Waals surface area contributed by atoms with Crippen LogP contribution in [0.25, 0.3) is 0 Å². The molecule has 0 aromatic heterocycles. The van der Waals surface area contributed by atoms with Crippen LogP contribution in [0.15, 0.2) is 30.3 Å². The normalized spacial score (nSPS) is 16.9. The smallest absolute Gasteiger partial charge is 0.311 e. The van der Waals surface area contributed by atoms with E-state index in [2.05, 4.69) is 17.4 Å². The van der Waals surface area contributed by atoms with Gasteiger partial charge in [-0.1, -0.05) is 37.3 Å². The van der Waals surface area contributed by atoms with E-state index in [4.69, 9.17) is 5.11 Å². The van der Waals surface area contributed by atoms with Crippen molar-refractivity contribution in [2.45, 2.75) is 38.6 Å². The fourth-order valence-corrected chi connectivity index (χ4v) is 2.96. The molecule has 1 atom stereocenters. The number of rotatable bonds is 5. The SMILES string of the molecule is CCC(CO)NC(=O)C(=O)N1CCC(Cc2ccccc2)CC1. The number of aliphatic hydroxyl groups excluding tert-OH is 1. The van der Waals surface area contributed by atoms with Gasteiger partial charge in [0, 0.05) is 13.1 Å². The van der Waals surface area contributed by atoms with Gasteiger partial charge in [0.05, 0.1) is 12.6 Å². The Hall–Kier alpha value is -1.88. The van der Waals surface area contributed by atoms with Crippen LogP contribution >= 0.6 is 0 Å². The van der Waals surface area contributed by atoms with E-state index in [1.54, 1.807) is 4.90 Å². The lowest BCUT2D eigenvalue weighted by Crippen LogP contribution is -2.49. The Morgan fingerprint density at radius 1 is 1.26 bits per heavy atom. The van der Waals surface area contributed by atoms with Crippen molar-refractivity contribution in [3.05, 3.63) is 35.9 Å². The molecule has 0 bridgehead atoms. The summed E-state index contributed by atoms with van der Waals surface area (Å²) in [6.45, 7) is 2.97. The number of carbonyl (C=O) groups excluding carboxylic acids is 2. The van der Waals surface area contributed by atoms with Crippen molar-refractivity contribution >= 4 is 11.8 Å². The second-order valence-electron chi connectivity index (χ2n) is 6.19. The highest BCUT2D eigenvalue weighted by atomic mass is 16.3. The molecule has 2 rings (SSSR count). The third kappa shape index (κ3) is 5.06. The van der Waals surface area contributed by atoms with Crippen molar-refractivity contribution in [1.82, 2.24) is 10.2 Å². The molecule has 1 aromatic rings. The molecule has 2 amide bonds. The molecule has 5 nitrogen and oxygen atoms in total. The third-order valence-electron chi connectivity index (χ3n) is 4.51. The number of nitrogens with zero attached hydrogens (tertiary/aromatic N) is 1. The maximum Gasteiger partial charge on any atom is 0.311 e. The Kier molecular flexibility index (Phi) is 6.59. The number of amides is 2. The minimum atomic E-state index is -0.604. The van der Waals surface area contributed by atoms with Crippen molar-refractivity contribution < 1.29 is 14.7 Å². The Labute approximate surface area is 137 Å². The lowest BCUT2D eigenvalue weighted by Gasteiger charge is -2.32. The van der Waals surface area contributed by atoms with Gasteiger partial charge in [0.1, 0.15) is 0 Å². The first kappa shape index (κ1) is 17.5. The Morgan fingerprint density at radius 2 is 1.91 bits per heavy atom. The van der Waals surface area contributed by atoms with Gasteiger partial charge in [-0.15, -0.1) is 0 Å². The summed E-state index contributed by atoms with van der Waals surface area (Å²) in [6, 6.07) is 10.0. The summed E-state index contributed by atoms with van der Waals surface area (Å²) >= 11 is 0. The number of piperidine rings is 1. The monoisotopic (exact) mass is 318 g/mol. The predicted octanol–water partition coefficient (Wildman–Crippen LogP) is 1.35. The molecule has 1 aliphatic heterocycles. The first-order chi connectivity index (χ1) is 11.1. The summed E-state index contributed by atoms with van der Waals surface area (Å²) in [5, 5.41) is 11.7. The highest BCUT2D eigenvalue weighted by Crippen LogP contribution is 2.21. The molecule has 1 saturated heterocycles. The van der Waals surface area contributed by atoms with Crippen LogP contribution in [0.2, 0.25) is 0 Å². The fourth-order valence-electron chi connectivity index (χ4n) is 2.96. The predicted molar refractivity (Wildman–Crippen MR) is 88.8 cm³/mol. The molecule has 0 radical (unpaired) electrons. The number of nitrogens with one attached hydrogen (secondary N) is 1. The number of aliphatic hydroxyl groups is 1. The molecule has 1 aromatic carbocycles. The zero-order valence-corrected chi connectivity index (χ0v) is 13.7. The van der Waals surface area contributed by atoms with E-state index in [0.29, 0.717) is 25.4 Å². The van der Waals surface area contributed by atoms with E-state index in [1.165, 1.54) is 5.56 Å². The van der Waals surface area contributed by atoms with Gasteiger partial charge in [0.15, 0.2) is 0 Å². The zero-order valence-electron chi connectivity index (χ0n) is 13.7. The van der Waals surface area contributed by atoms with E-state index in [9.17, 15) is 9.59 Å². The van der Waals surface area contributed by atoms with Crippen LogP contribution in [0.3, 0.4) is 0 Å². The number of benzene rings is 1. The molecular formula is C18H26N2O3. The molecule has 0 aliphatic carbocycles. The molecule has 126 valence electrons. The van der Waals surface area contributed by atoms with Crippen LogP contribution < -0.4 is 5.32 Å². The van der Waals surface area contributed by atoms with Crippen LogP contribution in [-0.4, -0.2) is 47.6 Å². The average molecular weight is 318 g/mol. The zero-order chi connectivity index (χ0) is 16.7. The average Bonchev–Trinajstić information content (AvgIpc) is 2.60. The summed E-state index contributed by atoms with van der Waals surface area (Å²) in [5.41, 5.74) is 1.32. The quantitative estimate of drug-likeness (QED) is 0.805. The Morgan fingerprint density at radius 3 is 2.48 bits per heavy atom. The van der Waals surface area contributed by atoms with Gasteiger partial charge < -0.3 is 15.3 Å². The van der Waals surface area contributed by atoms with Gasteiger partial charge in [-0.2, -0.15) is 0 Å². The number of hydrogen-bond acceptors (Lipinski definition) is 3. The van der Waals surface area contributed by atoms with Crippen LogP contribution in [0.5, 0.6) is 0 Å². The fraction of sp³-hybridized carbons (Fsp3) is 0.556.